The fourth-order valence-corrected chi connectivity index (χ4v) is 2.51. The highest BCUT2D eigenvalue weighted by Crippen LogP contribution is 2.31. The van der Waals surface area contributed by atoms with Crippen molar-refractivity contribution in [3.05, 3.63) is 51.3 Å². The Morgan fingerprint density at radius 2 is 2.05 bits per heavy atom. The zero-order valence-corrected chi connectivity index (χ0v) is 12.4. The Labute approximate surface area is 118 Å². The Balaban J connectivity index is 2.61. The predicted octanol–water partition coefficient (Wildman–Crippen LogP) is 3.08. The summed E-state index contributed by atoms with van der Waals surface area (Å²) in [6, 6.07) is 2.03. The number of aromatic nitrogens is 2. The van der Waals surface area contributed by atoms with Crippen LogP contribution in [0.4, 0.5) is 8.78 Å². The lowest BCUT2D eigenvalue weighted by Gasteiger charge is -2.18. The van der Waals surface area contributed by atoms with Gasteiger partial charge in [-0.15, -0.1) is 0 Å². The molecular formula is C13H14BrF2N3. The van der Waals surface area contributed by atoms with Crippen LogP contribution in [0.2, 0.25) is 0 Å². The van der Waals surface area contributed by atoms with Gasteiger partial charge in [0.05, 0.1) is 16.2 Å². The van der Waals surface area contributed by atoms with Crippen LogP contribution in [-0.4, -0.2) is 16.8 Å². The highest BCUT2D eigenvalue weighted by molar-refractivity contribution is 9.10. The number of aryl methyl sites for hydroxylation is 2. The molecule has 0 amide bonds. The molecule has 0 bridgehead atoms. The molecule has 0 aliphatic carbocycles. The molecule has 0 spiro atoms. The Hall–Kier alpha value is -1.27. The van der Waals surface area contributed by atoms with Crippen molar-refractivity contribution in [1.82, 2.24) is 15.1 Å². The van der Waals surface area contributed by atoms with Crippen LogP contribution in [0.5, 0.6) is 0 Å². The van der Waals surface area contributed by atoms with Crippen molar-refractivity contribution in [2.24, 2.45) is 7.05 Å². The zero-order chi connectivity index (χ0) is 14.2. The smallest absolute Gasteiger partial charge is 0.145 e. The first kappa shape index (κ1) is 14.1. The first-order chi connectivity index (χ1) is 8.95. The molecule has 1 N–H and O–H groups in total. The van der Waals surface area contributed by atoms with Crippen molar-refractivity contribution < 1.29 is 8.78 Å². The fourth-order valence-electron chi connectivity index (χ4n) is 2.16. The summed E-state index contributed by atoms with van der Waals surface area (Å²) in [4.78, 5) is 0. The molecular weight excluding hydrogens is 316 g/mol. The van der Waals surface area contributed by atoms with Crippen molar-refractivity contribution in [3.63, 3.8) is 0 Å². The van der Waals surface area contributed by atoms with E-state index in [9.17, 15) is 8.78 Å². The lowest BCUT2D eigenvalue weighted by Crippen LogP contribution is -2.21. The highest BCUT2D eigenvalue weighted by Gasteiger charge is 2.25. The minimum atomic E-state index is -0.595. The van der Waals surface area contributed by atoms with E-state index in [0.717, 1.165) is 11.3 Å². The van der Waals surface area contributed by atoms with E-state index in [1.165, 1.54) is 12.1 Å². The van der Waals surface area contributed by atoms with Crippen LogP contribution in [0.15, 0.2) is 22.8 Å². The Kier molecular flexibility index (Phi) is 4.01. The largest absolute Gasteiger partial charge is 0.309 e. The Morgan fingerprint density at radius 1 is 1.37 bits per heavy atom. The second-order valence-electron chi connectivity index (χ2n) is 4.32. The molecule has 1 aromatic carbocycles. The standard InChI is InChI=1S/C13H14BrF2N3/c1-7-8(6-19(3)18-7)13(17-2)11-10(15)5-4-9(14)12(11)16/h4-6,13,17H,1-3H3. The van der Waals surface area contributed by atoms with E-state index in [2.05, 4.69) is 26.3 Å². The molecule has 1 unspecified atom stereocenters. The van der Waals surface area contributed by atoms with Crippen molar-refractivity contribution in [3.8, 4) is 0 Å². The van der Waals surface area contributed by atoms with Crippen molar-refractivity contribution in [2.75, 3.05) is 7.05 Å². The predicted molar refractivity (Wildman–Crippen MR) is 72.9 cm³/mol. The molecule has 0 radical (unpaired) electrons. The van der Waals surface area contributed by atoms with Gasteiger partial charge in [0.2, 0.25) is 0 Å². The quantitative estimate of drug-likeness (QED) is 0.877. The minimum absolute atomic E-state index is 0.00650. The first-order valence-electron chi connectivity index (χ1n) is 5.76. The van der Waals surface area contributed by atoms with Crippen LogP contribution in [0.3, 0.4) is 0 Å². The summed E-state index contributed by atoms with van der Waals surface area (Å²) in [6.45, 7) is 1.81. The maximum Gasteiger partial charge on any atom is 0.145 e. The van der Waals surface area contributed by atoms with Crippen molar-refractivity contribution >= 4 is 15.9 Å². The maximum atomic E-state index is 14.2. The third-order valence-electron chi connectivity index (χ3n) is 3.02. The molecule has 0 aliphatic rings. The first-order valence-corrected chi connectivity index (χ1v) is 6.55. The van der Waals surface area contributed by atoms with E-state index in [4.69, 9.17) is 0 Å². The summed E-state index contributed by atoms with van der Waals surface area (Å²) in [5.41, 5.74) is 1.48. The Morgan fingerprint density at radius 3 is 2.58 bits per heavy atom. The van der Waals surface area contributed by atoms with Gasteiger partial charge in [-0.25, -0.2) is 8.78 Å². The third kappa shape index (κ3) is 2.55. The number of benzene rings is 1. The van der Waals surface area contributed by atoms with Gasteiger partial charge < -0.3 is 5.32 Å². The lowest BCUT2D eigenvalue weighted by atomic mass is 9.98. The number of halogens is 3. The number of rotatable bonds is 3. The minimum Gasteiger partial charge on any atom is -0.309 e. The van der Waals surface area contributed by atoms with Crippen LogP contribution in [0, 0.1) is 18.6 Å². The molecule has 1 aromatic heterocycles. The number of hydrogen-bond donors (Lipinski definition) is 1. The molecule has 3 nitrogen and oxygen atoms in total. The molecule has 1 atom stereocenters. The summed E-state index contributed by atoms with van der Waals surface area (Å²) >= 11 is 3.08. The van der Waals surface area contributed by atoms with Gasteiger partial charge >= 0.3 is 0 Å². The molecule has 1 heterocycles. The van der Waals surface area contributed by atoms with Crippen molar-refractivity contribution in [1.29, 1.82) is 0 Å². The highest BCUT2D eigenvalue weighted by atomic mass is 79.9. The van der Waals surface area contributed by atoms with E-state index in [1.807, 2.05) is 6.92 Å². The van der Waals surface area contributed by atoms with Gasteiger partial charge in [-0.3, -0.25) is 4.68 Å². The van der Waals surface area contributed by atoms with E-state index in [-0.39, 0.29) is 10.0 Å². The van der Waals surface area contributed by atoms with Gasteiger partial charge in [0.15, 0.2) is 0 Å². The van der Waals surface area contributed by atoms with Gasteiger partial charge in [-0.1, -0.05) is 0 Å². The molecule has 0 aliphatic heterocycles. The van der Waals surface area contributed by atoms with Crippen LogP contribution in [0.1, 0.15) is 22.9 Å². The van der Waals surface area contributed by atoms with Gasteiger partial charge in [0.1, 0.15) is 11.6 Å². The summed E-state index contributed by atoms with van der Waals surface area (Å²) in [5, 5.41) is 7.15. The van der Waals surface area contributed by atoms with E-state index in [1.54, 1.807) is 25.0 Å². The van der Waals surface area contributed by atoms with E-state index < -0.39 is 17.7 Å². The van der Waals surface area contributed by atoms with Gasteiger partial charge in [-0.05, 0) is 42.0 Å². The molecule has 6 heteroatoms. The second kappa shape index (κ2) is 5.38. The number of nitrogens with zero attached hydrogens (tertiary/aromatic N) is 2. The summed E-state index contributed by atoms with van der Waals surface area (Å²) in [6.07, 6.45) is 1.76. The van der Waals surface area contributed by atoms with Gasteiger partial charge in [0.25, 0.3) is 0 Å². The lowest BCUT2D eigenvalue weighted by molar-refractivity contribution is 0.518. The summed E-state index contributed by atoms with van der Waals surface area (Å²) < 4.78 is 30.0. The molecule has 2 aromatic rings. The van der Waals surface area contributed by atoms with Gasteiger partial charge in [0, 0.05) is 24.4 Å². The molecule has 19 heavy (non-hydrogen) atoms. The van der Waals surface area contributed by atoms with Gasteiger partial charge in [-0.2, -0.15) is 5.10 Å². The number of hydrogen-bond acceptors (Lipinski definition) is 2. The summed E-state index contributed by atoms with van der Waals surface area (Å²) in [5.74, 6) is -1.18. The maximum absolute atomic E-state index is 14.2. The zero-order valence-electron chi connectivity index (χ0n) is 10.8. The molecule has 0 saturated carbocycles. The normalized spacial score (nSPS) is 12.7. The Bertz CT molecular complexity index is 610. The number of nitrogens with one attached hydrogen (secondary N) is 1. The molecule has 102 valence electrons. The average molecular weight is 330 g/mol. The van der Waals surface area contributed by atoms with Crippen LogP contribution < -0.4 is 5.32 Å². The van der Waals surface area contributed by atoms with Crippen LogP contribution in [0.25, 0.3) is 0 Å². The van der Waals surface area contributed by atoms with E-state index >= 15 is 0 Å². The third-order valence-corrected chi connectivity index (χ3v) is 3.63. The van der Waals surface area contributed by atoms with E-state index in [0.29, 0.717) is 0 Å². The average Bonchev–Trinajstić information content (AvgIpc) is 2.69. The fraction of sp³-hybridized carbons (Fsp3) is 0.308. The molecule has 0 fully saturated rings. The topological polar surface area (TPSA) is 29.9 Å². The SMILES string of the molecule is CNC(c1cn(C)nc1C)c1c(F)ccc(Br)c1F. The second-order valence-corrected chi connectivity index (χ2v) is 5.18. The monoisotopic (exact) mass is 329 g/mol. The van der Waals surface area contributed by atoms with Crippen LogP contribution in [-0.2, 0) is 7.05 Å². The molecule has 0 saturated heterocycles. The molecule has 2 rings (SSSR count). The summed E-state index contributed by atoms with van der Waals surface area (Å²) in [7, 11) is 3.44. The van der Waals surface area contributed by atoms with Crippen LogP contribution >= 0.6 is 15.9 Å². The van der Waals surface area contributed by atoms with Crippen molar-refractivity contribution in [2.45, 2.75) is 13.0 Å².